The van der Waals surface area contributed by atoms with Crippen molar-refractivity contribution in [1.29, 1.82) is 0 Å². The van der Waals surface area contributed by atoms with Crippen molar-refractivity contribution < 1.29 is 8.76 Å². The molecule has 11 heteroatoms. The Hall–Kier alpha value is -5.65. The number of aromatic nitrogens is 8. The lowest BCUT2D eigenvalue weighted by molar-refractivity contribution is 0.530. The lowest BCUT2D eigenvalue weighted by Crippen LogP contribution is -2.10. The van der Waals surface area contributed by atoms with Gasteiger partial charge in [0.2, 0.25) is 0 Å². The van der Waals surface area contributed by atoms with Crippen LogP contribution in [0.4, 0.5) is 0 Å². The molecule has 1 atom stereocenters. The number of unbranched alkanes of at least 4 members (excludes halogenated alkanes) is 8. The quantitative estimate of drug-likeness (QED) is 0.0559. The normalized spacial score (nSPS) is 12.5. The van der Waals surface area contributed by atoms with E-state index in [-0.39, 0.29) is 11.3 Å². The molecule has 3 aromatic heterocycles. The Morgan fingerprint density at radius 1 is 0.400 bits per heavy atom. The predicted molar refractivity (Wildman–Crippen MR) is 313 cm³/mol. The second kappa shape index (κ2) is 25.0. The van der Waals surface area contributed by atoms with Crippen molar-refractivity contribution >= 4 is 55.4 Å². The molecule has 1 unspecified atom stereocenters. The van der Waals surface area contributed by atoms with E-state index in [0.717, 1.165) is 198 Å². The van der Waals surface area contributed by atoms with Gasteiger partial charge in [-0.1, -0.05) is 155 Å². The Kier molecular flexibility index (Phi) is 18.1. The van der Waals surface area contributed by atoms with Crippen LogP contribution >= 0.6 is 0 Å². The molecule has 9 rings (SSSR count). The monoisotopic (exact) mass is 1030 g/mol. The third-order valence-corrected chi connectivity index (χ3v) is 16.6. The highest BCUT2D eigenvalue weighted by molar-refractivity contribution is 7.77. The number of hydrogen-bond acceptors (Lipinski definition) is 8. The summed E-state index contributed by atoms with van der Waals surface area (Å²) < 4.78 is 29.2. The minimum atomic E-state index is -2.81. The minimum Gasteiger partial charge on any atom is -0.755 e. The zero-order valence-electron chi connectivity index (χ0n) is 46.4. The van der Waals surface area contributed by atoms with Gasteiger partial charge in [0.25, 0.3) is 0 Å². The van der Waals surface area contributed by atoms with Gasteiger partial charge in [0, 0.05) is 43.8 Å². The zero-order valence-corrected chi connectivity index (χ0v) is 47.3. The molecule has 0 saturated heterocycles. The Balaban J connectivity index is 1.60. The molecule has 7 aromatic rings. The van der Waals surface area contributed by atoms with Crippen LogP contribution in [0.5, 0.6) is 0 Å². The molecular formula is C64H81N8O2S-. The third-order valence-electron chi connectivity index (χ3n) is 15.9. The molecule has 8 bridgehead atoms. The molecule has 396 valence electrons. The number of nitrogens with zero attached hydrogens (tertiary/aromatic N) is 7. The molecule has 5 heterocycles. The van der Waals surface area contributed by atoms with Crippen molar-refractivity contribution in [2.24, 2.45) is 0 Å². The van der Waals surface area contributed by atoms with Crippen LogP contribution in [0.15, 0.2) is 48.5 Å². The van der Waals surface area contributed by atoms with Gasteiger partial charge in [-0.25, -0.2) is 33.9 Å². The van der Waals surface area contributed by atoms with E-state index in [0.29, 0.717) is 34.1 Å². The average molecular weight is 1030 g/mol. The van der Waals surface area contributed by atoms with Crippen molar-refractivity contribution in [1.82, 2.24) is 38.9 Å². The van der Waals surface area contributed by atoms with Crippen LogP contribution in [-0.4, -0.2) is 47.6 Å². The van der Waals surface area contributed by atoms with Crippen molar-refractivity contribution in [3.05, 3.63) is 93.0 Å². The number of H-pyrrole nitrogens is 1. The molecule has 2 aliphatic rings. The van der Waals surface area contributed by atoms with Crippen molar-refractivity contribution in [2.75, 3.05) is 0 Å². The van der Waals surface area contributed by atoms with E-state index in [1.54, 1.807) is 0 Å². The van der Waals surface area contributed by atoms with Crippen LogP contribution in [0.2, 0.25) is 0 Å². The highest BCUT2D eigenvalue weighted by atomic mass is 32.2. The molecule has 4 aromatic carbocycles. The molecule has 75 heavy (non-hydrogen) atoms. The summed E-state index contributed by atoms with van der Waals surface area (Å²) in [6.07, 6.45) is 24.9. The van der Waals surface area contributed by atoms with E-state index >= 15 is 0 Å². The number of rotatable bonds is 25. The highest BCUT2D eigenvalue weighted by Crippen LogP contribution is 2.47. The van der Waals surface area contributed by atoms with Crippen LogP contribution in [0.25, 0.3) is 89.7 Å². The number of aromatic amines is 1. The summed E-state index contributed by atoms with van der Waals surface area (Å²) in [6.45, 7) is 18.4. The van der Waals surface area contributed by atoms with Crippen molar-refractivity contribution in [2.45, 2.75) is 209 Å². The number of nitrogens with one attached hydrogen (secondary N) is 1. The number of benzene rings is 4. The predicted octanol–water partition coefficient (Wildman–Crippen LogP) is 16.7. The smallest absolute Gasteiger partial charge is 0.165 e. The van der Waals surface area contributed by atoms with Crippen LogP contribution < -0.4 is 0 Å². The SMILES string of the molecule is CCCCc1c(CCCC)c(CCCC)c2c(c1CCCC)-c1nc-2nc2c3ccccc3c(nc3nc(nc4[nH]c(n1)c1c(CCCC)c(CCCC)c(CCCC)c(CCCC)c41)-c1ccccc1-3)n2S(=O)[O-]. The molecule has 0 spiro atoms. The molecule has 0 fully saturated rings. The molecular weight excluding hydrogens is 945 g/mol. The zero-order chi connectivity index (χ0) is 52.6. The first-order valence-corrected chi connectivity index (χ1v) is 30.3. The van der Waals surface area contributed by atoms with Crippen LogP contribution in [0.1, 0.15) is 203 Å². The van der Waals surface area contributed by atoms with Crippen LogP contribution in [0, 0.1) is 0 Å². The van der Waals surface area contributed by atoms with Gasteiger partial charge in [0.05, 0.1) is 11.3 Å². The van der Waals surface area contributed by atoms with E-state index in [9.17, 15) is 8.76 Å². The van der Waals surface area contributed by atoms with Gasteiger partial charge >= 0.3 is 0 Å². The lowest BCUT2D eigenvalue weighted by atomic mass is 9.80. The van der Waals surface area contributed by atoms with E-state index < -0.39 is 11.3 Å². The van der Waals surface area contributed by atoms with Crippen LogP contribution in [0.3, 0.4) is 0 Å². The molecule has 0 aliphatic carbocycles. The van der Waals surface area contributed by atoms with Gasteiger partial charge in [0.15, 0.2) is 34.6 Å². The second-order valence-electron chi connectivity index (χ2n) is 21.2. The van der Waals surface area contributed by atoms with Crippen molar-refractivity contribution in [3.8, 4) is 45.6 Å². The first kappa shape index (κ1) is 54.2. The second-order valence-corrected chi connectivity index (χ2v) is 22.0. The summed E-state index contributed by atoms with van der Waals surface area (Å²) in [5.41, 5.74) is 17.1. The standard InChI is InChI=1S/C64H82N8O2S/c1-9-17-29-41-42(30-18-10-2)46(34-22-14-6)54-53(45(41)33-21-13-5)59-66-57-49-37-25-26-38-50(49)58(65-57)70-63-51-39-27-28-40-52(51)64(72(63)75(73)74)71-62-56-48(36-24-16-8)44(32-20-12-4)43(31-19-11-3)47(35-23-15-7)55(56)61(69-62)68-60(54)67-59/h25-28,37-40H,9-24,29-36H2,1-8H3,(H,73,74)(H,65,66,67,68,69,70,71)/p-1. The Morgan fingerprint density at radius 2 is 0.707 bits per heavy atom. The molecule has 2 aliphatic heterocycles. The number of hydrogen-bond donors (Lipinski definition) is 1. The van der Waals surface area contributed by atoms with E-state index in [2.05, 4.69) is 66.4 Å². The minimum absolute atomic E-state index is 0.246. The van der Waals surface area contributed by atoms with Crippen molar-refractivity contribution in [3.63, 3.8) is 0 Å². The highest BCUT2D eigenvalue weighted by Gasteiger charge is 2.33. The summed E-state index contributed by atoms with van der Waals surface area (Å²) in [6, 6.07) is 15.8. The Morgan fingerprint density at radius 3 is 1.11 bits per heavy atom. The fourth-order valence-electron chi connectivity index (χ4n) is 12.1. The van der Waals surface area contributed by atoms with Gasteiger partial charge in [-0.15, -0.1) is 0 Å². The summed E-state index contributed by atoms with van der Waals surface area (Å²) in [4.78, 5) is 37.4. The number of aryl methyl sites for hydroxylation is 2. The maximum atomic E-state index is 14.0. The first-order valence-electron chi connectivity index (χ1n) is 29.3. The van der Waals surface area contributed by atoms with E-state index in [1.807, 2.05) is 42.5 Å². The molecule has 0 radical (unpaired) electrons. The maximum Gasteiger partial charge on any atom is 0.165 e. The third kappa shape index (κ3) is 10.6. The summed E-state index contributed by atoms with van der Waals surface area (Å²) >= 11 is -2.81. The van der Waals surface area contributed by atoms with Gasteiger partial charge in [-0.05, 0) is 147 Å². The summed E-state index contributed by atoms with van der Waals surface area (Å²) in [5, 5.41) is 3.65. The Labute approximate surface area is 448 Å². The van der Waals surface area contributed by atoms with Crippen LogP contribution in [-0.2, 0) is 62.6 Å². The topological polar surface area (TPSA) is 138 Å². The lowest BCUT2D eigenvalue weighted by Gasteiger charge is -2.24. The van der Waals surface area contributed by atoms with E-state index in [1.165, 1.54) is 48.5 Å². The first-order chi connectivity index (χ1) is 36.8. The van der Waals surface area contributed by atoms with E-state index in [4.69, 9.17) is 29.9 Å². The number of fused-ring (bicyclic) bond motifs is 20. The molecule has 0 saturated carbocycles. The van der Waals surface area contributed by atoms with Gasteiger partial charge in [-0.3, -0.25) is 4.21 Å². The maximum absolute atomic E-state index is 14.0. The Bertz CT molecular complexity index is 3390. The van der Waals surface area contributed by atoms with Gasteiger partial charge in [-0.2, -0.15) is 0 Å². The van der Waals surface area contributed by atoms with Gasteiger partial charge < -0.3 is 9.54 Å². The van der Waals surface area contributed by atoms with Gasteiger partial charge in [0.1, 0.15) is 11.3 Å². The molecule has 10 nitrogen and oxygen atoms in total. The fourth-order valence-corrected chi connectivity index (χ4v) is 12.7. The summed E-state index contributed by atoms with van der Waals surface area (Å²) in [7, 11) is 0. The summed E-state index contributed by atoms with van der Waals surface area (Å²) in [5.74, 6) is 2.10. The average Bonchev–Trinajstić information content (AvgIpc) is 4.16. The fraction of sp³-hybridized carbons (Fsp3) is 0.500. The molecule has 1 N–H and O–H groups in total. The largest absolute Gasteiger partial charge is 0.755 e. The molecule has 0 amide bonds.